The number of anilines is 1. The molecule has 0 fully saturated rings. The first kappa shape index (κ1) is 12.0. The summed E-state index contributed by atoms with van der Waals surface area (Å²) in [6, 6.07) is 6.08. The van der Waals surface area contributed by atoms with Crippen molar-refractivity contribution in [1.29, 1.82) is 0 Å². The molecule has 1 aromatic carbocycles. The van der Waals surface area contributed by atoms with E-state index in [1.165, 1.54) is 12.1 Å². The summed E-state index contributed by atoms with van der Waals surface area (Å²) >= 11 is 0. The Morgan fingerprint density at radius 2 is 2.00 bits per heavy atom. The maximum absolute atomic E-state index is 11.9. The van der Waals surface area contributed by atoms with Crippen molar-refractivity contribution in [3.8, 4) is 0 Å². The molecule has 0 aromatic heterocycles. The van der Waals surface area contributed by atoms with Crippen LogP contribution in [-0.2, 0) is 10.8 Å². The van der Waals surface area contributed by atoms with Gasteiger partial charge in [-0.15, -0.1) is 0 Å². The Hall–Kier alpha value is -1.04. The number of nitrogens with two attached hydrogens (primary N) is 1. The maximum Gasteiger partial charge on any atom is 0.390 e. The van der Waals surface area contributed by atoms with E-state index in [2.05, 4.69) is 0 Å². The Kier molecular flexibility index (Phi) is 3.73. The molecule has 15 heavy (non-hydrogen) atoms. The fraction of sp³-hybridized carbons (Fsp3) is 0.333. The van der Waals surface area contributed by atoms with E-state index in [1.54, 1.807) is 12.1 Å². The fourth-order valence-electron chi connectivity index (χ4n) is 0.982. The Morgan fingerprint density at radius 1 is 1.33 bits per heavy atom. The van der Waals surface area contributed by atoms with Gasteiger partial charge in [0.1, 0.15) is 0 Å². The molecular formula is C9H10F3NOS. The molecule has 0 heterocycles. The largest absolute Gasteiger partial charge is 0.399 e. The zero-order valence-electron chi connectivity index (χ0n) is 7.75. The lowest BCUT2D eigenvalue weighted by Gasteiger charge is -2.06. The van der Waals surface area contributed by atoms with Crippen molar-refractivity contribution >= 4 is 16.5 Å². The van der Waals surface area contributed by atoms with Crippen molar-refractivity contribution in [3.05, 3.63) is 24.3 Å². The second kappa shape index (κ2) is 4.65. The molecule has 2 nitrogen and oxygen atoms in total. The van der Waals surface area contributed by atoms with Gasteiger partial charge < -0.3 is 5.73 Å². The molecule has 1 atom stereocenters. The lowest BCUT2D eigenvalue weighted by Crippen LogP contribution is -2.12. The summed E-state index contributed by atoms with van der Waals surface area (Å²) in [6.07, 6.45) is -5.32. The van der Waals surface area contributed by atoms with Crippen molar-refractivity contribution in [2.75, 3.05) is 11.5 Å². The van der Waals surface area contributed by atoms with Crippen molar-refractivity contribution in [1.82, 2.24) is 0 Å². The number of hydrogen-bond donors (Lipinski definition) is 1. The van der Waals surface area contributed by atoms with Crippen LogP contribution in [0.5, 0.6) is 0 Å². The first-order chi connectivity index (χ1) is 6.88. The van der Waals surface area contributed by atoms with Gasteiger partial charge in [0.25, 0.3) is 0 Å². The van der Waals surface area contributed by atoms with E-state index >= 15 is 0 Å². The van der Waals surface area contributed by atoms with Crippen molar-refractivity contribution in [2.24, 2.45) is 0 Å². The second-order valence-corrected chi connectivity index (χ2v) is 4.56. The van der Waals surface area contributed by atoms with Crippen LogP contribution < -0.4 is 5.73 Å². The van der Waals surface area contributed by atoms with Gasteiger partial charge in [0.2, 0.25) is 0 Å². The first-order valence-electron chi connectivity index (χ1n) is 4.19. The summed E-state index contributed by atoms with van der Waals surface area (Å²) in [5.41, 5.74) is 5.82. The summed E-state index contributed by atoms with van der Waals surface area (Å²) in [6.45, 7) is 0. The van der Waals surface area contributed by atoms with E-state index in [9.17, 15) is 17.4 Å². The normalized spacial score (nSPS) is 13.8. The highest BCUT2D eigenvalue weighted by atomic mass is 32.2. The third-order valence-corrected chi connectivity index (χ3v) is 3.05. The number of nitrogen functional groups attached to an aromatic ring is 1. The molecular weight excluding hydrogens is 227 g/mol. The molecule has 0 bridgehead atoms. The van der Waals surface area contributed by atoms with Gasteiger partial charge in [-0.3, -0.25) is 4.21 Å². The van der Waals surface area contributed by atoms with Gasteiger partial charge in [0, 0.05) is 16.3 Å². The van der Waals surface area contributed by atoms with Crippen LogP contribution in [0.4, 0.5) is 18.9 Å². The lowest BCUT2D eigenvalue weighted by atomic mass is 10.3. The Bertz CT molecular complexity index is 365. The number of alkyl halides is 3. The number of benzene rings is 1. The minimum atomic E-state index is -4.27. The van der Waals surface area contributed by atoms with Gasteiger partial charge in [-0.2, -0.15) is 13.2 Å². The molecule has 84 valence electrons. The summed E-state index contributed by atoms with van der Waals surface area (Å²) < 4.78 is 47.0. The van der Waals surface area contributed by atoms with Gasteiger partial charge in [-0.25, -0.2) is 0 Å². The summed E-state index contributed by atoms with van der Waals surface area (Å²) in [5, 5.41) is 0. The Balaban J connectivity index is 2.62. The second-order valence-electron chi connectivity index (χ2n) is 2.99. The molecule has 0 saturated carbocycles. The smallest absolute Gasteiger partial charge is 0.390 e. The third kappa shape index (κ3) is 4.33. The monoisotopic (exact) mass is 237 g/mol. The molecule has 0 saturated heterocycles. The lowest BCUT2D eigenvalue weighted by molar-refractivity contribution is -0.129. The van der Waals surface area contributed by atoms with E-state index < -0.39 is 29.1 Å². The average molecular weight is 237 g/mol. The molecule has 0 aliphatic carbocycles. The van der Waals surface area contributed by atoms with Crippen molar-refractivity contribution < 1.29 is 17.4 Å². The Labute approximate surface area is 87.7 Å². The minimum absolute atomic E-state index is 0.333. The molecule has 0 radical (unpaired) electrons. The van der Waals surface area contributed by atoms with Crippen LogP contribution in [0.1, 0.15) is 6.42 Å². The summed E-state index contributed by atoms with van der Waals surface area (Å²) in [5.74, 6) is -0.424. The molecule has 0 spiro atoms. The molecule has 0 aliphatic heterocycles. The standard InChI is InChI=1S/C9H10F3NOS/c10-9(11,12)4-5-15(14)8-3-1-2-7(13)6-8/h1-3,6H,4-5,13H2. The van der Waals surface area contributed by atoms with Crippen LogP contribution in [0.15, 0.2) is 29.2 Å². The van der Waals surface area contributed by atoms with Crippen molar-refractivity contribution in [3.63, 3.8) is 0 Å². The first-order valence-corrected chi connectivity index (χ1v) is 5.51. The molecule has 1 rings (SSSR count). The molecule has 1 unspecified atom stereocenters. The Morgan fingerprint density at radius 3 is 2.53 bits per heavy atom. The van der Waals surface area contributed by atoms with Gasteiger partial charge in [-0.1, -0.05) is 6.07 Å². The molecule has 0 aliphatic rings. The highest BCUT2D eigenvalue weighted by Gasteiger charge is 2.27. The van der Waals surface area contributed by atoms with E-state index in [4.69, 9.17) is 5.73 Å². The summed E-state index contributed by atoms with van der Waals surface area (Å²) in [7, 11) is -1.64. The molecule has 1 aromatic rings. The number of hydrogen-bond acceptors (Lipinski definition) is 2. The number of rotatable bonds is 3. The van der Waals surface area contributed by atoms with E-state index in [1.807, 2.05) is 0 Å². The van der Waals surface area contributed by atoms with Crippen LogP contribution in [-0.4, -0.2) is 16.1 Å². The van der Waals surface area contributed by atoms with Gasteiger partial charge in [0.05, 0.1) is 17.2 Å². The molecule has 2 N–H and O–H groups in total. The van der Waals surface area contributed by atoms with E-state index in [-0.39, 0.29) is 0 Å². The zero-order valence-corrected chi connectivity index (χ0v) is 8.57. The van der Waals surface area contributed by atoms with E-state index in [0.29, 0.717) is 10.6 Å². The average Bonchev–Trinajstić information content (AvgIpc) is 2.13. The van der Waals surface area contributed by atoms with Crippen molar-refractivity contribution in [2.45, 2.75) is 17.5 Å². The topological polar surface area (TPSA) is 43.1 Å². The maximum atomic E-state index is 11.9. The van der Waals surface area contributed by atoms with Gasteiger partial charge >= 0.3 is 6.18 Å². The minimum Gasteiger partial charge on any atom is -0.399 e. The predicted octanol–water partition coefficient (Wildman–Crippen LogP) is 2.33. The predicted molar refractivity (Wildman–Crippen MR) is 52.8 cm³/mol. The number of halogens is 3. The van der Waals surface area contributed by atoms with Crippen LogP contribution >= 0.6 is 0 Å². The molecule has 6 heteroatoms. The van der Waals surface area contributed by atoms with Gasteiger partial charge in [-0.05, 0) is 18.2 Å². The highest BCUT2D eigenvalue weighted by molar-refractivity contribution is 7.85. The SMILES string of the molecule is Nc1cccc(S(=O)CCC(F)(F)F)c1. The fourth-order valence-corrected chi connectivity index (χ4v) is 2.13. The van der Waals surface area contributed by atoms with Crippen LogP contribution in [0.25, 0.3) is 0 Å². The van der Waals surface area contributed by atoms with E-state index in [0.717, 1.165) is 0 Å². The van der Waals surface area contributed by atoms with Gasteiger partial charge in [0.15, 0.2) is 0 Å². The highest BCUT2D eigenvalue weighted by Crippen LogP contribution is 2.21. The van der Waals surface area contributed by atoms with Crippen LogP contribution in [0.2, 0.25) is 0 Å². The third-order valence-electron chi connectivity index (χ3n) is 1.69. The molecule has 0 amide bonds. The quantitative estimate of drug-likeness (QED) is 0.820. The van der Waals surface area contributed by atoms with Crippen LogP contribution in [0.3, 0.4) is 0 Å². The summed E-state index contributed by atoms with van der Waals surface area (Å²) in [4.78, 5) is 0.333. The zero-order chi connectivity index (χ0) is 11.5. The van der Waals surface area contributed by atoms with Crippen LogP contribution in [0, 0.1) is 0 Å².